The molecule has 1 saturated carbocycles. The molecule has 12 nitrogen and oxygen atoms in total. The number of aliphatic hydroxyl groups is 3. The number of hydrogen-bond acceptors (Lipinski definition) is 10. The van der Waals surface area contributed by atoms with Gasteiger partial charge in [0, 0.05) is 13.1 Å². The Morgan fingerprint density at radius 3 is 2.76 bits per heavy atom. The minimum Gasteiger partial charge on any atom is -0.387 e. The van der Waals surface area contributed by atoms with Crippen LogP contribution in [-0.4, -0.2) is 78.3 Å². The zero-order valence-corrected chi connectivity index (χ0v) is 18.7. The smallest absolute Gasteiger partial charge is 0.251 e. The summed E-state index contributed by atoms with van der Waals surface area (Å²) in [5.74, 6) is 0.519. The third-order valence-electron chi connectivity index (χ3n) is 6.49. The number of aromatic nitrogens is 4. The van der Waals surface area contributed by atoms with E-state index in [0.717, 1.165) is 6.42 Å². The topological polar surface area (TPSA) is 181 Å². The molecule has 1 amide bonds. The summed E-state index contributed by atoms with van der Waals surface area (Å²) in [6, 6.07) is 0. The van der Waals surface area contributed by atoms with Crippen LogP contribution in [0.4, 0.5) is 11.8 Å². The van der Waals surface area contributed by atoms with Gasteiger partial charge in [0.15, 0.2) is 23.8 Å². The molecule has 2 fully saturated rings. The number of nitrogens with zero attached hydrogens (tertiary/aromatic N) is 4. The van der Waals surface area contributed by atoms with Crippen molar-refractivity contribution < 1.29 is 24.9 Å². The van der Waals surface area contributed by atoms with Crippen LogP contribution in [-0.2, 0) is 9.53 Å². The van der Waals surface area contributed by atoms with Crippen molar-refractivity contribution in [3.8, 4) is 0 Å². The Bertz CT molecular complexity index is 964. The summed E-state index contributed by atoms with van der Waals surface area (Å²) in [6.45, 7) is 2.73. The number of nitrogen functional groups attached to an aromatic ring is 1. The Morgan fingerprint density at radius 2 is 2.03 bits per heavy atom. The van der Waals surface area contributed by atoms with E-state index in [-0.39, 0.29) is 5.82 Å². The minimum atomic E-state index is -1.65. The Morgan fingerprint density at radius 1 is 1.27 bits per heavy atom. The van der Waals surface area contributed by atoms with E-state index in [1.165, 1.54) is 43.0 Å². The molecule has 2 aliphatic rings. The first-order chi connectivity index (χ1) is 15.9. The van der Waals surface area contributed by atoms with Gasteiger partial charge in [0.25, 0.3) is 5.91 Å². The second-order valence-corrected chi connectivity index (χ2v) is 8.79. The van der Waals surface area contributed by atoms with Gasteiger partial charge >= 0.3 is 0 Å². The molecule has 4 rings (SSSR count). The fraction of sp³-hybridized carbons (Fsp3) is 0.714. The lowest BCUT2D eigenvalue weighted by atomic mass is 9.87. The summed E-state index contributed by atoms with van der Waals surface area (Å²) in [7, 11) is 0. The lowest BCUT2D eigenvalue weighted by molar-refractivity contribution is -0.143. The Hall–Kier alpha value is -2.54. The molecule has 0 spiro atoms. The number of carbonyl (C=O) groups is 1. The highest BCUT2D eigenvalue weighted by Crippen LogP contribution is 2.34. The zero-order valence-electron chi connectivity index (χ0n) is 18.7. The third kappa shape index (κ3) is 4.88. The fourth-order valence-electron chi connectivity index (χ4n) is 4.67. The van der Waals surface area contributed by atoms with Gasteiger partial charge in [0.2, 0.25) is 5.95 Å². The molecule has 3 heterocycles. The molecule has 5 atom stereocenters. The molecule has 7 N–H and O–H groups in total. The van der Waals surface area contributed by atoms with Crippen LogP contribution in [0.3, 0.4) is 0 Å². The van der Waals surface area contributed by atoms with E-state index in [9.17, 15) is 20.1 Å². The summed E-state index contributed by atoms with van der Waals surface area (Å²) >= 11 is 0. The van der Waals surface area contributed by atoms with Crippen molar-refractivity contribution in [2.45, 2.75) is 76.1 Å². The summed E-state index contributed by atoms with van der Waals surface area (Å²) in [6.07, 6.45) is 1.78. The number of nitrogens with two attached hydrogens (primary N) is 1. The summed E-state index contributed by atoms with van der Waals surface area (Å²) in [5.41, 5.74) is 6.72. The van der Waals surface area contributed by atoms with Crippen LogP contribution in [0, 0.1) is 5.92 Å². The van der Waals surface area contributed by atoms with E-state index in [0.29, 0.717) is 36.1 Å². The van der Waals surface area contributed by atoms with Crippen molar-refractivity contribution in [2.75, 3.05) is 24.1 Å². The van der Waals surface area contributed by atoms with Crippen molar-refractivity contribution in [3.05, 3.63) is 6.33 Å². The molecule has 2 aromatic heterocycles. The van der Waals surface area contributed by atoms with Crippen LogP contribution in [0.15, 0.2) is 6.33 Å². The van der Waals surface area contributed by atoms with E-state index in [1.54, 1.807) is 6.92 Å². The monoisotopic (exact) mass is 463 g/mol. The zero-order chi connectivity index (χ0) is 23.5. The number of ether oxygens (including phenoxy) is 1. The highest BCUT2D eigenvalue weighted by molar-refractivity contribution is 5.83. The number of nitrogens with one attached hydrogen (secondary N) is 2. The predicted octanol–water partition coefficient (Wildman–Crippen LogP) is -0.0930. The van der Waals surface area contributed by atoms with E-state index in [2.05, 4.69) is 25.6 Å². The second-order valence-electron chi connectivity index (χ2n) is 8.79. The molecule has 182 valence electrons. The number of likely N-dealkylation sites (N-methyl/N-ethyl adjacent to an activating group) is 1. The van der Waals surface area contributed by atoms with Gasteiger partial charge in [-0.05, 0) is 19.3 Å². The molecule has 1 aliphatic carbocycles. The molecule has 33 heavy (non-hydrogen) atoms. The summed E-state index contributed by atoms with van der Waals surface area (Å²) in [4.78, 5) is 25.0. The fourth-order valence-corrected chi connectivity index (χ4v) is 4.67. The molecule has 0 bridgehead atoms. The number of fused-ring (bicyclic) bond motifs is 1. The standard InChI is InChI=1S/C21H33N7O5/c1-2-23-19(32)15(31)16-13(29)14(30)20(33-16)28-10-25-12-17(22)26-21(27-18(12)28)24-9-8-11-6-4-3-5-7-11/h10-11,13-16,20,29-31H,2-9H2,1H3,(H,23,32)(H3,22,24,26,27)/t13-,14+,15?,16-,20+/m0/s1. The lowest BCUT2D eigenvalue weighted by Crippen LogP contribution is -2.47. The van der Waals surface area contributed by atoms with Crippen molar-refractivity contribution in [1.29, 1.82) is 0 Å². The molecule has 1 saturated heterocycles. The number of carbonyl (C=O) groups excluding carboxylic acids is 1. The van der Waals surface area contributed by atoms with Crippen molar-refractivity contribution in [2.24, 2.45) is 5.92 Å². The number of rotatable bonds is 8. The van der Waals surface area contributed by atoms with Gasteiger partial charge in [-0.1, -0.05) is 32.1 Å². The molecule has 1 aliphatic heterocycles. The number of imidazole rings is 1. The molecule has 0 radical (unpaired) electrons. The van der Waals surface area contributed by atoms with Crippen LogP contribution in [0.5, 0.6) is 0 Å². The van der Waals surface area contributed by atoms with Crippen LogP contribution in [0.2, 0.25) is 0 Å². The molecular weight excluding hydrogens is 430 g/mol. The largest absolute Gasteiger partial charge is 0.387 e. The van der Waals surface area contributed by atoms with Crippen molar-refractivity contribution in [3.63, 3.8) is 0 Å². The van der Waals surface area contributed by atoms with Crippen molar-refractivity contribution >= 4 is 28.8 Å². The molecule has 2 aromatic rings. The van der Waals surface area contributed by atoms with Crippen LogP contribution in [0.25, 0.3) is 11.2 Å². The number of amides is 1. The first kappa shape index (κ1) is 23.6. The average molecular weight is 464 g/mol. The SMILES string of the molecule is CCNC(=O)C(O)[C@H]1O[C@@H](n2cnc3c(N)nc(NCCC4CCCCC4)nc32)[C@H](O)[C@@H]1O. The normalized spacial score (nSPS) is 27.0. The van der Waals surface area contributed by atoms with Gasteiger partial charge in [0.1, 0.15) is 23.8 Å². The Balaban J connectivity index is 1.51. The van der Waals surface area contributed by atoms with E-state index >= 15 is 0 Å². The summed E-state index contributed by atoms with van der Waals surface area (Å²) in [5, 5.41) is 37.0. The van der Waals surface area contributed by atoms with Gasteiger partial charge in [-0.3, -0.25) is 9.36 Å². The Kier molecular flexibility index (Phi) is 7.27. The number of aliphatic hydroxyl groups excluding tert-OH is 3. The van der Waals surface area contributed by atoms with E-state index < -0.39 is 36.6 Å². The first-order valence-electron chi connectivity index (χ1n) is 11.6. The van der Waals surface area contributed by atoms with Gasteiger partial charge in [-0.25, -0.2) is 4.98 Å². The minimum absolute atomic E-state index is 0.172. The third-order valence-corrected chi connectivity index (χ3v) is 6.49. The van der Waals surface area contributed by atoms with Gasteiger partial charge in [-0.2, -0.15) is 9.97 Å². The first-order valence-corrected chi connectivity index (χ1v) is 11.6. The molecular formula is C21H33N7O5. The van der Waals surface area contributed by atoms with E-state index in [1.807, 2.05) is 0 Å². The predicted molar refractivity (Wildman–Crippen MR) is 120 cm³/mol. The molecule has 1 unspecified atom stereocenters. The maximum absolute atomic E-state index is 12.0. The molecule has 0 aromatic carbocycles. The quantitative estimate of drug-likeness (QED) is 0.309. The lowest BCUT2D eigenvalue weighted by Gasteiger charge is -2.21. The highest BCUT2D eigenvalue weighted by atomic mass is 16.6. The van der Waals surface area contributed by atoms with Gasteiger partial charge < -0.3 is 36.4 Å². The van der Waals surface area contributed by atoms with Crippen molar-refractivity contribution in [1.82, 2.24) is 24.8 Å². The Labute approximate surface area is 191 Å². The summed E-state index contributed by atoms with van der Waals surface area (Å²) < 4.78 is 7.13. The van der Waals surface area contributed by atoms with Crippen LogP contribution >= 0.6 is 0 Å². The van der Waals surface area contributed by atoms with Crippen LogP contribution in [0.1, 0.15) is 51.7 Å². The van der Waals surface area contributed by atoms with Gasteiger partial charge in [0.05, 0.1) is 6.33 Å². The number of anilines is 2. The average Bonchev–Trinajstić information content (AvgIpc) is 3.35. The molecule has 12 heteroatoms. The van der Waals surface area contributed by atoms with Gasteiger partial charge in [-0.15, -0.1) is 0 Å². The maximum atomic E-state index is 12.0. The van der Waals surface area contributed by atoms with E-state index in [4.69, 9.17) is 10.5 Å². The second kappa shape index (κ2) is 10.2. The van der Waals surface area contributed by atoms with Crippen LogP contribution < -0.4 is 16.4 Å². The highest BCUT2D eigenvalue weighted by Gasteiger charge is 2.49. The number of hydrogen-bond donors (Lipinski definition) is 6. The maximum Gasteiger partial charge on any atom is 0.251 e.